The van der Waals surface area contributed by atoms with E-state index in [0.29, 0.717) is 16.9 Å². The summed E-state index contributed by atoms with van der Waals surface area (Å²) in [6.07, 6.45) is 1.32. The molecular weight excluding hydrogens is 272 g/mol. The maximum atomic E-state index is 11.8. The summed E-state index contributed by atoms with van der Waals surface area (Å²) in [4.78, 5) is 11.8. The molecule has 0 aliphatic rings. The van der Waals surface area contributed by atoms with Gasteiger partial charge in [0.1, 0.15) is 5.75 Å². The van der Waals surface area contributed by atoms with Gasteiger partial charge in [0.05, 0.1) is 13.3 Å². The Balaban J connectivity index is 2.05. The number of methoxy groups -OCH3 is 1. The highest BCUT2D eigenvalue weighted by molar-refractivity contribution is 5.95. The molecule has 0 aromatic heterocycles. The molecule has 0 radical (unpaired) electrons. The van der Waals surface area contributed by atoms with Crippen LogP contribution in [0.1, 0.15) is 15.9 Å². The Bertz CT molecular complexity index is 666. The Morgan fingerprint density at radius 3 is 2.57 bits per heavy atom. The minimum absolute atomic E-state index is 0.0531. The lowest BCUT2D eigenvalue weighted by Crippen LogP contribution is -2.17. The molecule has 0 bridgehead atoms. The van der Waals surface area contributed by atoms with Crippen LogP contribution in [0.3, 0.4) is 0 Å². The third-order valence-corrected chi connectivity index (χ3v) is 2.75. The van der Waals surface area contributed by atoms with Gasteiger partial charge in [0.15, 0.2) is 11.5 Å². The molecule has 108 valence electrons. The molecule has 0 saturated carbocycles. The molecule has 2 aromatic carbocycles. The van der Waals surface area contributed by atoms with Gasteiger partial charge in [-0.25, -0.2) is 5.43 Å². The molecule has 0 atom stereocenters. The van der Waals surface area contributed by atoms with E-state index in [4.69, 9.17) is 9.84 Å². The van der Waals surface area contributed by atoms with Gasteiger partial charge in [0, 0.05) is 11.1 Å². The van der Waals surface area contributed by atoms with E-state index in [0.717, 1.165) is 0 Å². The van der Waals surface area contributed by atoms with Crippen molar-refractivity contribution in [3.8, 4) is 17.2 Å². The molecule has 0 spiro atoms. The zero-order valence-electron chi connectivity index (χ0n) is 11.3. The largest absolute Gasteiger partial charge is 0.508 e. The summed E-state index contributed by atoms with van der Waals surface area (Å²) in [6.45, 7) is 0. The molecule has 0 heterocycles. The standard InChI is InChI=1S/C15H14N2O4/c1-21-13-4-2-3-11(14(13)19)9-16-17-15(20)10-5-7-12(18)8-6-10/h2-9,18-19H,1H3,(H,17,20)/b16-9-. The summed E-state index contributed by atoms with van der Waals surface area (Å²) in [5.74, 6) is -0.0727. The number of benzene rings is 2. The van der Waals surface area contributed by atoms with Crippen LogP contribution in [0.2, 0.25) is 0 Å². The molecule has 6 nitrogen and oxygen atoms in total. The minimum Gasteiger partial charge on any atom is -0.508 e. The van der Waals surface area contributed by atoms with Crippen LogP contribution in [-0.4, -0.2) is 29.4 Å². The third kappa shape index (κ3) is 3.50. The van der Waals surface area contributed by atoms with Gasteiger partial charge in [-0.3, -0.25) is 4.79 Å². The van der Waals surface area contributed by atoms with Crippen LogP contribution in [0.5, 0.6) is 17.2 Å². The Morgan fingerprint density at radius 1 is 1.19 bits per heavy atom. The van der Waals surface area contributed by atoms with Gasteiger partial charge >= 0.3 is 0 Å². The number of ether oxygens (including phenoxy) is 1. The molecule has 1 amide bonds. The van der Waals surface area contributed by atoms with Crippen molar-refractivity contribution >= 4 is 12.1 Å². The van der Waals surface area contributed by atoms with Crippen molar-refractivity contribution in [2.75, 3.05) is 7.11 Å². The number of amides is 1. The summed E-state index contributed by atoms with van der Waals surface area (Å²) in [7, 11) is 1.45. The Hall–Kier alpha value is -3.02. The van der Waals surface area contributed by atoms with E-state index < -0.39 is 5.91 Å². The number of nitrogens with zero attached hydrogens (tertiary/aromatic N) is 1. The lowest BCUT2D eigenvalue weighted by atomic mass is 10.2. The summed E-state index contributed by atoms with van der Waals surface area (Å²) < 4.78 is 4.97. The molecule has 3 N–H and O–H groups in total. The summed E-state index contributed by atoms with van der Waals surface area (Å²) in [5, 5.41) is 22.8. The van der Waals surface area contributed by atoms with E-state index in [1.165, 1.54) is 37.6 Å². The SMILES string of the molecule is COc1cccc(/C=N\NC(=O)c2ccc(O)cc2)c1O. The van der Waals surface area contributed by atoms with Crippen LogP contribution >= 0.6 is 0 Å². The van der Waals surface area contributed by atoms with E-state index in [2.05, 4.69) is 10.5 Å². The monoisotopic (exact) mass is 286 g/mol. The predicted octanol–water partition coefficient (Wildman–Crippen LogP) is 1.87. The normalized spacial score (nSPS) is 10.5. The van der Waals surface area contributed by atoms with E-state index in [9.17, 15) is 9.90 Å². The Kier molecular flexibility index (Phi) is 4.40. The van der Waals surface area contributed by atoms with Crippen LogP contribution in [0.25, 0.3) is 0 Å². The zero-order chi connectivity index (χ0) is 15.2. The van der Waals surface area contributed by atoms with Crippen molar-refractivity contribution < 1.29 is 19.7 Å². The second-order valence-electron chi connectivity index (χ2n) is 4.14. The number of carbonyl (C=O) groups excluding carboxylic acids is 1. The van der Waals surface area contributed by atoms with Crippen molar-refractivity contribution in [2.24, 2.45) is 5.10 Å². The highest BCUT2D eigenvalue weighted by Crippen LogP contribution is 2.27. The number of para-hydroxylation sites is 1. The molecule has 2 rings (SSSR count). The molecule has 0 fully saturated rings. The maximum Gasteiger partial charge on any atom is 0.271 e. The number of phenolic OH excluding ortho intramolecular Hbond substituents is 2. The Morgan fingerprint density at radius 2 is 1.90 bits per heavy atom. The lowest BCUT2D eigenvalue weighted by Gasteiger charge is -2.05. The van der Waals surface area contributed by atoms with E-state index in [1.807, 2.05) is 0 Å². The molecule has 0 aliphatic heterocycles. The van der Waals surface area contributed by atoms with Crippen LogP contribution in [0, 0.1) is 0 Å². The van der Waals surface area contributed by atoms with Crippen LogP contribution < -0.4 is 10.2 Å². The Labute approximate surface area is 121 Å². The zero-order valence-corrected chi connectivity index (χ0v) is 11.3. The van der Waals surface area contributed by atoms with Gasteiger partial charge < -0.3 is 14.9 Å². The number of phenols is 2. The summed E-state index contributed by atoms with van der Waals surface area (Å²) in [6, 6.07) is 10.7. The van der Waals surface area contributed by atoms with E-state index in [-0.39, 0.29) is 11.5 Å². The number of nitrogens with one attached hydrogen (secondary N) is 1. The van der Waals surface area contributed by atoms with E-state index >= 15 is 0 Å². The highest BCUT2D eigenvalue weighted by atomic mass is 16.5. The maximum absolute atomic E-state index is 11.8. The molecule has 6 heteroatoms. The van der Waals surface area contributed by atoms with Crippen LogP contribution in [0.15, 0.2) is 47.6 Å². The molecular formula is C15H14N2O4. The van der Waals surface area contributed by atoms with Crippen LogP contribution in [-0.2, 0) is 0 Å². The van der Waals surface area contributed by atoms with Crippen molar-refractivity contribution in [1.82, 2.24) is 5.43 Å². The lowest BCUT2D eigenvalue weighted by molar-refractivity contribution is 0.0955. The minimum atomic E-state index is -0.423. The molecule has 0 saturated heterocycles. The van der Waals surface area contributed by atoms with Crippen molar-refractivity contribution in [3.63, 3.8) is 0 Å². The number of rotatable bonds is 4. The van der Waals surface area contributed by atoms with Gasteiger partial charge in [-0.15, -0.1) is 0 Å². The third-order valence-electron chi connectivity index (χ3n) is 2.75. The van der Waals surface area contributed by atoms with E-state index in [1.54, 1.807) is 18.2 Å². The first-order valence-electron chi connectivity index (χ1n) is 6.10. The van der Waals surface area contributed by atoms with Gasteiger partial charge in [0.2, 0.25) is 0 Å². The molecule has 2 aromatic rings. The van der Waals surface area contributed by atoms with Crippen molar-refractivity contribution in [2.45, 2.75) is 0 Å². The molecule has 0 unspecified atom stereocenters. The van der Waals surface area contributed by atoms with Crippen molar-refractivity contribution in [3.05, 3.63) is 53.6 Å². The molecule has 0 aliphatic carbocycles. The molecule has 21 heavy (non-hydrogen) atoms. The first-order chi connectivity index (χ1) is 10.1. The number of hydrazone groups is 1. The van der Waals surface area contributed by atoms with Gasteiger partial charge in [-0.2, -0.15) is 5.10 Å². The van der Waals surface area contributed by atoms with Gasteiger partial charge in [-0.1, -0.05) is 6.07 Å². The highest BCUT2D eigenvalue weighted by Gasteiger charge is 2.06. The average Bonchev–Trinajstić information content (AvgIpc) is 2.49. The summed E-state index contributed by atoms with van der Waals surface area (Å²) >= 11 is 0. The smallest absolute Gasteiger partial charge is 0.271 e. The topological polar surface area (TPSA) is 91.2 Å². The van der Waals surface area contributed by atoms with Gasteiger partial charge in [-0.05, 0) is 36.4 Å². The van der Waals surface area contributed by atoms with Crippen molar-refractivity contribution in [1.29, 1.82) is 0 Å². The fourth-order valence-corrected chi connectivity index (χ4v) is 1.65. The second kappa shape index (κ2) is 6.42. The first-order valence-corrected chi connectivity index (χ1v) is 6.10. The quantitative estimate of drug-likeness (QED) is 0.591. The fraction of sp³-hybridized carbons (Fsp3) is 0.0667. The fourth-order valence-electron chi connectivity index (χ4n) is 1.65. The number of hydrogen-bond acceptors (Lipinski definition) is 5. The number of aromatic hydroxyl groups is 2. The van der Waals surface area contributed by atoms with Crippen LogP contribution in [0.4, 0.5) is 0 Å². The average molecular weight is 286 g/mol. The second-order valence-corrected chi connectivity index (χ2v) is 4.14. The predicted molar refractivity (Wildman–Crippen MR) is 77.8 cm³/mol. The first kappa shape index (κ1) is 14.4. The number of hydrogen-bond donors (Lipinski definition) is 3. The van der Waals surface area contributed by atoms with Gasteiger partial charge in [0.25, 0.3) is 5.91 Å². The number of carbonyl (C=O) groups is 1. The summed E-state index contributed by atoms with van der Waals surface area (Å²) in [5.41, 5.74) is 3.11.